The van der Waals surface area contributed by atoms with Crippen molar-refractivity contribution in [2.24, 2.45) is 0 Å². The summed E-state index contributed by atoms with van der Waals surface area (Å²) in [5.41, 5.74) is 0.613. The van der Waals surface area contributed by atoms with Crippen LogP contribution in [0.4, 0.5) is 0 Å². The lowest BCUT2D eigenvalue weighted by Crippen LogP contribution is -3.27. The number of hydrogen-bond acceptors (Lipinski definition) is 2. The lowest BCUT2D eigenvalue weighted by Gasteiger charge is -2.36. The predicted molar refractivity (Wildman–Crippen MR) is 103 cm³/mol. The third-order valence-electron chi connectivity index (χ3n) is 4.98. The van der Waals surface area contributed by atoms with Crippen molar-refractivity contribution in [1.29, 1.82) is 0 Å². The Morgan fingerprint density at radius 2 is 1.96 bits per heavy atom. The van der Waals surface area contributed by atoms with Crippen LogP contribution in [-0.4, -0.2) is 45.2 Å². The first-order valence-electron chi connectivity index (χ1n) is 8.80. The fraction of sp³-hybridized carbons (Fsp3) is 0.421. The largest absolute Gasteiger partial charge is 0.343 e. The summed E-state index contributed by atoms with van der Waals surface area (Å²) in [6, 6.07) is 11.8. The molecule has 134 valence electrons. The summed E-state index contributed by atoms with van der Waals surface area (Å²) >= 11 is 7.80. The number of rotatable bonds is 5. The van der Waals surface area contributed by atoms with E-state index in [9.17, 15) is 4.79 Å². The van der Waals surface area contributed by atoms with Gasteiger partial charge < -0.3 is 15.1 Å². The van der Waals surface area contributed by atoms with Crippen LogP contribution in [0.25, 0.3) is 0 Å². The first-order valence-corrected chi connectivity index (χ1v) is 10.1. The zero-order chi connectivity index (χ0) is 17.8. The highest BCUT2D eigenvalue weighted by molar-refractivity contribution is 7.10. The van der Waals surface area contributed by atoms with E-state index in [2.05, 4.69) is 36.8 Å². The van der Waals surface area contributed by atoms with E-state index in [1.54, 1.807) is 39.3 Å². The van der Waals surface area contributed by atoms with Crippen LogP contribution < -0.4 is 15.1 Å². The molecule has 0 saturated carbocycles. The van der Waals surface area contributed by atoms with Crippen LogP contribution in [0.1, 0.15) is 28.2 Å². The molecule has 1 fully saturated rings. The molecule has 1 aliphatic rings. The van der Waals surface area contributed by atoms with Crippen molar-refractivity contribution in [1.82, 2.24) is 5.32 Å². The van der Waals surface area contributed by atoms with E-state index in [0.29, 0.717) is 10.6 Å². The molecule has 0 bridgehead atoms. The van der Waals surface area contributed by atoms with E-state index in [1.165, 1.54) is 18.0 Å². The van der Waals surface area contributed by atoms with Crippen molar-refractivity contribution < 1.29 is 14.6 Å². The van der Waals surface area contributed by atoms with E-state index >= 15 is 0 Å². The van der Waals surface area contributed by atoms with Crippen molar-refractivity contribution in [2.75, 3.05) is 33.2 Å². The van der Waals surface area contributed by atoms with Crippen LogP contribution >= 0.6 is 22.9 Å². The standard InChI is InChI=1S/C19H24ClN3OS/c1-14(21-19(24)15-5-3-6-16(20)13-15)18(17-7-4-12-25-17)23-10-8-22(2)9-11-23/h3-7,12-14,18H,8-11H2,1-2H3,(H,21,24)/p+2/t14-,18+/m1/s1. The Bertz CT molecular complexity index is 698. The van der Waals surface area contributed by atoms with Crippen molar-refractivity contribution in [3.05, 3.63) is 57.2 Å². The van der Waals surface area contributed by atoms with Crippen LogP contribution in [-0.2, 0) is 0 Å². The number of thiophene rings is 1. The molecule has 2 aromatic rings. The average molecular weight is 380 g/mol. The van der Waals surface area contributed by atoms with Crippen LogP contribution in [0.3, 0.4) is 0 Å². The highest BCUT2D eigenvalue weighted by atomic mass is 35.5. The van der Waals surface area contributed by atoms with Gasteiger partial charge in [0.1, 0.15) is 32.2 Å². The van der Waals surface area contributed by atoms with Gasteiger partial charge in [-0.25, -0.2) is 0 Å². The third-order valence-corrected chi connectivity index (χ3v) is 6.17. The van der Waals surface area contributed by atoms with Crippen LogP contribution in [0.2, 0.25) is 5.02 Å². The van der Waals surface area contributed by atoms with Gasteiger partial charge in [0, 0.05) is 10.6 Å². The molecule has 2 atom stereocenters. The van der Waals surface area contributed by atoms with Gasteiger partial charge in [-0.3, -0.25) is 4.79 Å². The summed E-state index contributed by atoms with van der Waals surface area (Å²) in [5.74, 6) is -0.0595. The second-order valence-electron chi connectivity index (χ2n) is 6.88. The van der Waals surface area contributed by atoms with Crippen molar-refractivity contribution in [3.63, 3.8) is 0 Å². The molecule has 1 aromatic carbocycles. The topological polar surface area (TPSA) is 38.0 Å². The maximum absolute atomic E-state index is 12.6. The van der Waals surface area contributed by atoms with Gasteiger partial charge in [-0.2, -0.15) is 0 Å². The molecule has 4 nitrogen and oxygen atoms in total. The molecule has 25 heavy (non-hydrogen) atoms. The van der Waals surface area contributed by atoms with Crippen LogP contribution in [0.5, 0.6) is 0 Å². The van der Waals surface area contributed by atoms with Gasteiger partial charge in [-0.05, 0) is 36.6 Å². The first-order chi connectivity index (χ1) is 12.0. The zero-order valence-electron chi connectivity index (χ0n) is 14.7. The lowest BCUT2D eigenvalue weighted by atomic mass is 10.0. The molecule has 1 aromatic heterocycles. The molecule has 0 spiro atoms. The molecule has 2 heterocycles. The number of quaternary nitrogens is 2. The summed E-state index contributed by atoms with van der Waals surface area (Å²) in [4.78, 5) is 17.1. The highest BCUT2D eigenvalue weighted by Gasteiger charge is 2.34. The Hall–Kier alpha value is -1.40. The molecular formula is C19H26ClN3OS+2. The molecule has 0 radical (unpaired) electrons. The molecule has 1 amide bonds. The summed E-state index contributed by atoms with van der Waals surface area (Å²) in [6.07, 6.45) is 0. The number of likely N-dealkylation sites (N-methyl/N-ethyl adjacent to an activating group) is 1. The van der Waals surface area contributed by atoms with E-state index in [4.69, 9.17) is 11.6 Å². The number of piperazine rings is 1. The van der Waals surface area contributed by atoms with Gasteiger partial charge in [0.2, 0.25) is 0 Å². The number of hydrogen-bond donors (Lipinski definition) is 3. The van der Waals surface area contributed by atoms with Crippen molar-refractivity contribution in [2.45, 2.75) is 19.0 Å². The third kappa shape index (κ3) is 4.61. The normalized spacial score (nSPS) is 23.0. The van der Waals surface area contributed by atoms with Gasteiger partial charge in [-0.1, -0.05) is 23.7 Å². The van der Waals surface area contributed by atoms with E-state index in [0.717, 1.165) is 13.1 Å². The average Bonchev–Trinajstić information content (AvgIpc) is 3.11. The van der Waals surface area contributed by atoms with Crippen LogP contribution in [0.15, 0.2) is 41.8 Å². The van der Waals surface area contributed by atoms with Gasteiger partial charge >= 0.3 is 0 Å². The number of nitrogens with one attached hydrogen (secondary N) is 3. The second kappa shape index (κ2) is 8.32. The lowest BCUT2D eigenvalue weighted by molar-refractivity contribution is -1.02. The summed E-state index contributed by atoms with van der Waals surface area (Å²) < 4.78 is 0. The molecule has 6 heteroatoms. The second-order valence-corrected chi connectivity index (χ2v) is 8.30. The molecule has 1 saturated heterocycles. The number of amides is 1. The molecule has 0 unspecified atom stereocenters. The quantitative estimate of drug-likeness (QED) is 0.702. The Morgan fingerprint density at radius 1 is 1.20 bits per heavy atom. The fourth-order valence-electron chi connectivity index (χ4n) is 3.58. The number of carbonyl (C=O) groups is 1. The molecule has 0 aliphatic carbocycles. The SMILES string of the molecule is C[C@@H](NC(=O)c1cccc(Cl)c1)[C@@H](c1cccs1)[NH+]1CC[NH+](C)CC1. The highest BCUT2D eigenvalue weighted by Crippen LogP contribution is 2.20. The first kappa shape index (κ1) is 18.4. The van der Waals surface area contributed by atoms with E-state index in [-0.39, 0.29) is 18.0 Å². The van der Waals surface area contributed by atoms with E-state index < -0.39 is 0 Å². The minimum absolute atomic E-state index is 0.0542. The fourth-order valence-corrected chi connectivity index (χ4v) is 4.76. The molecule has 3 N–H and O–H groups in total. The molecule has 1 aliphatic heterocycles. The minimum atomic E-state index is -0.0595. The van der Waals surface area contributed by atoms with Crippen molar-refractivity contribution >= 4 is 28.8 Å². The maximum atomic E-state index is 12.6. The number of benzene rings is 1. The Balaban J connectivity index is 1.75. The summed E-state index contributed by atoms with van der Waals surface area (Å²) in [6.45, 7) is 6.72. The zero-order valence-corrected chi connectivity index (χ0v) is 16.3. The maximum Gasteiger partial charge on any atom is 0.251 e. The molecular weight excluding hydrogens is 354 g/mol. The van der Waals surface area contributed by atoms with Crippen LogP contribution in [0, 0.1) is 0 Å². The number of carbonyl (C=O) groups excluding carboxylic acids is 1. The smallest absolute Gasteiger partial charge is 0.251 e. The minimum Gasteiger partial charge on any atom is -0.343 e. The Kier molecular flexibility index (Phi) is 6.12. The van der Waals surface area contributed by atoms with Gasteiger partial charge in [-0.15, -0.1) is 11.3 Å². The molecule has 3 rings (SSSR count). The predicted octanol–water partition coefficient (Wildman–Crippen LogP) is 0.674. The van der Waals surface area contributed by atoms with Crippen molar-refractivity contribution in [3.8, 4) is 0 Å². The van der Waals surface area contributed by atoms with E-state index in [1.807, 2.05) is 6.07 Å². The number of halogens is 1. The summed E-state index contributed by atoms with van der Waals surface area (Å²) in [5, 5.41) is 5.91. The van der Waals surface area contributed by atoms with Gasteiger partial charge in [0.15, 0.2) is 0 Å². The van der Waals surface area contributed by atoms with Gasteiger partial charge in [0.05, 0.1) is 18.0 Å². The monoisotopic (exact) mass is 379 g/mol. The Morgan fingerprint density at radius 3 is 2.60 bits per heavy atom. The summed E-state index contributed by atoms with van der Waals surface area (Å²) in [7, 11) is 2.25. The van der Waals surface area contributed by atoms with Gasteiger partial charge in [0.25, 0.3) is 5.91 Å². The Labute approximate surface area is 158 Å².